The van der Waals surface area contributed by atoms with E-state index in [-0.39, 0.29) is 12.5 Å². The van der Waals surface area contributed by atoms with E-state index in [0.717, 1.165) is 5.56 Å². The lowest BCUT2D eigenvalue weighted by Gasteiger charge is -2.15. The molecule has 1 N–H and O–H groups in total. The van der Waals surface area contributed by atoms with E-state index in [1.807, 2.05) is 0 Å². The Balaban J connectivity index is 1.84. The normalized spacial score (nSPS) is 17.7. The maximum atomic E-state index is 12.5. The lowest BCUT2D eigenvalue weighted by molar-refractivity contribution is -0.141. The van der Waals surface area contributed by atoms with Crippen LogP contribution in [0.5, 0.6) is 0 Å². The molecule has 2 heterocycles. The first-order chi connectivity index (χ1) is 10.6. The first-order valence-electron chi connectivity index (χ1n) is 6.78. The topological polar surface area (TPSA) is 83.6 Å². The summed E-state index contributed by atoms with van der Waals surface area (Å²) in [7, 11) is 0. The van der Waals surface area contributed by atoms with Crippen LogP contribution in [0.25, 0.3) is 11.3 Å². The van der Waals surface area contributed by atoms with Crippen LogP contribution < -0.4 is 0 Å². The van der Waals surface area contributed by atoms with Crippen molar-refractivity contribution in [1.29, 1.82) is 0 Å². The maximum Gasteiger partial charge on any atom is 0.308 e. The smallest absolute Gasteiger partial charge is 0.308 e. The number of hydrogen-bond donors (Lipinski definition) is 1. The van der Waals surface area contributed by atoms with E-state index < -0.39 is 11.9 Å². The van der Waals surface area contributed by atoms with Gasteiger partial charge in [-0.3, -0.25) is 9.59 Å². The van der Waals surface area contributed by atoms with Crippen molar-refractivity contribution in [2.24, 2.45) is 5.92 Å². The van der Waals surface area contributed by atoms with Crippen LogP contribution >= 0.6 is 11.6 Å². The van der Waals surface area contributed by atoms with Gasteiger partial charge in [-0.2, -0.15) is 0 Å². The predicted molar refractivity (Wildman–Crippen MR) is 78.6 cm³/mol. The predicted octanol–water partition coefficient (Wildman–Crippen LogP) is 2.54. The third-order valence-electron chi connectivity index (χ3n) is 3.74. The number of halogens is 1. The second-order valence-electron chi connectivity index (χ2n) is 5.16. The van der Waals surface area contributed by atoms with Crippen LogP contribution in [0.1, 0.15) is 16.8 Å². The van der Waals surface area contributed by atoms with Crippen molar-refractivity contribution >= 4 is 23.5 Å². The molecule has 0 unspecified atom stereocenters. The Morgan fingerprint density at radius 2 is 2.05 bits per heavy atom. The fourth-order valence-corrected chi connectivity index (χ4v) is 2.65. The molecule has 114 valence electrons. The van der Waals surface area contributed by atoms with Gasteiger partial charge in [-0.15, -0.1) is 0 Å². The molecule has 1 saturated heterocycles. The number of carboxylic acids is 1. The molecule has 1 aliphatic rings. The monoisotopic (exact) mass is 320 g/mol. The molecule has 1 aromatic carbocycles. The van der Waals surface area contributed by atoms with Gasteiger partial charge in [-0.1, -0.05) is 28.9 Å². The number of likely N-dealkylation sites (tertiary alicyclic amines) is 1. The fraction of sp³-hybridized carbons (Fsp3) is 0.267. The molecule has 1 aromatic heterocycles. The standard InChI is InChI=1S/C15H13ClN2O4/c16-11-3-1-9(2-4-11)13-12(8-22-17-13)14(19)18-6-5-10(7-18)15(20)21/h1-4,8,10H,5-7H2,(H,20,21)/t10-/m0/s1. The minimum absolute atomic E-state index is 0.208. The van der Waals surface area contributed by atoms with Gasteiger partial charge < -0.3 is 14.5 Å². The molecule has 3 rings (SSSR count). The number of benzene rings is 1. The Hall–Kier alpha value is -2.34. The van der Waals surface area contributed by atoms with E-state index in [1.54, 1.807) is 24.3 Å². The lowest BCUT2D eigenvalue weighted by atomic mass is 10.1. The van der Waals surface area contributed by atoms with Gasteiger partial charge in [0.2, 0.25) is 0 Å². The molecule has 1 amide bonds. The van der Waals surface area contributed by atoms with Crippen molar-refractivity contribution in [3.05, 3.63) is 41.1 Å². The first kappa shape index (κ1) is 14.6. The molecule has 0 bridgehead atoms. The lowest BCUT2D eigenvalue weighted by Crippen LogP contribution is -2.30. The molecule has 2 aromatic rings. The van der Waals surface area contributed by atoms with Gasteiger partial charge in [-0.05, 0) is 18.6 Å². The zero-order valence-corrected chi connectivity index (χ0v) is 12.3. The minimum atomic E-state index is -0.876. The number of carbonyl (C=O) groups is 2. The van der Waals surface area contributed by atoms with Crippen molar-refractivity contribution in [2.75, 3.05) is 13.1 Å². The largest absolute Gasteiger partial charge is 0.481 e. The molecule has 6 nitrogen and oxygen atoms in total. The highest BCUT2D eigenvalue weighted by Crippen LogP contribution is 2.27. The zero-order chi connectivity index (χ0) is 15.7. The summed E-state index contributed by atoms with van der Waals surface area (Å²) in [6.45, 7) is 0.625. The summed E-state index contributed by atoms with van der Waals surface area (Å²) in [5, 5.41) is 13.5. The van der Waals surface area contributed by atoms with Crippen LogP contribution in [-0.2, 0) is 4.79 Å². The third-order valence-corrected chi connectivity index (χ3v) is 3.99. The molecule has 0 radical (unpaired) electrons. The molecular weight excluding hydrogens is 308 g/mol. The third kappa shape index (κ3) is 2.69. The van der Waals surface area contributed by atoms with Crippen LogP contribution in [0.4, 0.5) is 0 Å². The fourth-order valence-electron chi connectivity index (χ4n) is 2.52. The summed E-state index contributed by atoms with van der Waals surface area (Å²) in [6.07, 6.45) is 1.75. The summed E-state index contributed by atoms with van der Waals surface area (Å²) in [4.78, 5) is 25.1. The summed E-state index contributed by atoms with van der Waals surface area (Å²) < 4.78 is 4.94. The highest BCUT2D eigenvalue weighted by atomic mass is 35.5. The second-order valence-corrected chi connectivity index (χ2v) is 5.60. The van der Waals surface area contributed by atoms with Gasteiger partial charge in [0.1, 0.15) is 17.5 Å². The maximum absolute atomic E-state index is 12.5. The van der Waals surface area contributed by atoms with Crippen LogP contribution in [0, 0.1) is 5.92 Å². The molecule has 0 spiro atoms. The Bertz CT molecular complexity index is 711. The van der Waals surface area contributed by atoms with Gasteiger partial charge in [0.15, 0.2) is 0 Å². The van der Waals surface area contributed by atoms with E-state index in [2.05, 4.69) is 5.16 Å². The van der Waals surface area contributed by atoms with E-state index in [4.69, 9.17) is 21.2 Å². The highest BCUT2D eigenvalue weighted by molar-refractivity contribution is 6.30. The van der Waals surface area contributed by atoms with Crippen LogP contribution in [-0.4, -0.2) is 40.1 Å². The molecule has 1 atom stereocenters. The van der Waals surface area contributed by atoms with Gasteiger partial charge in [0.05, 0.1) is 5.92 Å². The number of carboxylic acid groups (broad SMARTS) is 1. The average molecular weight is 321 g/mol. The van der Waals surface area contributed by atoms with Gasteiger partial charge >= 0.3 is 5.97 Å². The molecular formula is C15H13ClN2O4. The first-order valence-corrected chi connectivity index (χ1v) is 7.16. The highest BCUT2D eigenvalue weighted by Gasteiger charge is 2.33. The van der Waals surface area contributed by atoms with Crippen molar-refractivity contribution in [1.82, 2.24) is 10.1 Å². The Morgan fingerprint density at radius 1 is 1.32 bits per heavy atom. The summed E-state index contributed by atoms with van der Waals surface area (Å²) in [5.41, 5.74) is 1.48. The van der Waals surface area contributed by atoms with Crippen LogP contribution in [0.15, 0.2) is 35.1 Å². The molecule has 1 fully saturated rings. The minimum Gasteiger partial charge on any atom is -0.481 e. The number of aromatic nitrogens is 1. The number of nitrogens with zero attached hydrogens (tertiary/aromatic N) is 2. The van der Waals surface area contributed by atoms with E-state index in [9.17, 15) is 9.59 Å². The van der Waals surface area contributed by atoms with E-state index in [0.29, 0.717) is 29.2 Å². The molecule has 0 aliphatic carbocycles. The molecule has 22 heavy (non-hydrogen) atoms. The Labute approximate surface area is 131 Å². The summed E-state index contributed by atoms with van der Waals surface area (Å²) in [6, 6.07) is 6.91. The van der Waals surface area contributed by atoms with Crippen molar-refractivity contribution < 1.29 is 19.2 Å². The van der Waals surface area contributed by atoms with Crippen molar-refractivity contribution in [3.8, 4) is 11.3 Å². The summed E-state index contributed by atoms with van der Waals surface area (Å²) >= 11 is 5.85. The molecule has 1 aliphatic heterocycles. The Kier molecular flexibility index (Phi) is 3.85. The van der Waals surface area contributed by atoms with Crippen LogP contribution in [0.2, 0.25) is 5.02 Å². The number of hydrogen-bond acceptors (Lipinski definition) is 4. The second kappa shape index (κ2) is 5.81. The number of amides is 1. The van der Waals surface area contributed by atoms with E-state index >= 15 is 0 Å². The van der Waals surface area contributed by atoms with E-state index in [1.165, 1.54) is 11.2 Å². The number of aliphatic carboxylic acids is 1. The SMILES string of the molecule is O=C(O)[C@H]1CCN(C(=O)c2conc2-c2ccc(Cl)cc2)C1. The quantitative estimate of drug-likeness (QED) is 0.939. The summed E-state index contributed by atoms with van der Waals surface area (Å²) in [5.74, 6) is -1.66. The van der Waals surface area contributed by atoms with Crippen molar-refractivity contribution in [3.63, 3.8) is 0 Å². The van der Waals surface area contributed by atoms with Crippen molar-refractivity contribution in [2.45, 2.75) is 6.42 Å². The number of rotatable bonds is 3. The Morgan fingerprint density at radius 3 is 2.68 bits per heavy atom. The average Bonchev–Trinajstić information content (AvgIpc) is 3.17. The van der Waals surface area contributed by atoms with Gasteiger partial charge in [0.25, 0.3) is 5.91 Å². The zero-order valence-electron chi connectivity index (χ0n) is 11.5. The molecule has 7 heteroatoms. The van der Waals surface area contributed by atoms with Crippen LogP contribution in [0.3, 0.4) is 0 Å². The van der Waals surface area contributed by atoms with Gasteiger partial charge in [-0.25, -0.2) is 0 Å². The van der Waals surface area contributed by atoms with Gasteiger partial charge in [0, 0.05) is 23.7 Å². The number of carbonyl (C=O) groups excluding carboxylic acids is 1. The molecule has 0 saturated carbocycles.